The lowest BCUT2D eigenvalue weighted by Gasteiger charge is -1.91. The Kier molecular flexibility index (Phi) is 3.43. The van der Waals surface area contributed by atoms with Crippen molar-refractivity contribution >= 4 is 23.5 Å². The second-order valence-corrected chi connectivity index (χ2v) is 2.79. The Bertz CT molecular complexity index is 269. The van der Waals surface area contributed by atoms with E-state index >= 15 is 0 Å². The minimum Gasteiger partial charge on any atom is -0.386 e. The van der Waals surface area contributed by atoms with E-state index in [0.717, 1.165) is 5.56 Å². The second-order valence-electron chi connectivity index (χ2n) is 2.01. The highest BCUT2D eigenvalue weighted by molar-refractivity contribution is 7.08. The summed E-state index contributed by atoms with van der Waals surface area (Å²) in [6, 6.07) is 1.87. The lowest BCUT2D eigenvalue weighted by molar-refractivity contribution is -0.123. The number of amides is 1. The average Bonchev–Trinajstić information content (AvgIpc) is 2.57. The molecule has 2 N–H and O–H groups in total. The van der Waals surface area contributed by atoms with Crippen molar-refractivity contribution in [3.63, 3.8) is 0 Å². The molecule has 0 spiro atoms. The largest absolute Gasteiger partial charge is 0.386 e. The summed E-state index contributed by atoms with van der Waals surface area (Å²) < 4.78 is 0. The molecule has 64 valence electrons. The first kappa shape index (κ1) is 8.89. The highest BCUT2D eigenvalue weighted by Crippen LogP contribution is 2.01. The Labute approximate surface area is 73.5 Å². The number of carbonyl (C=O) groups is 1. The second kappa shape index (κ2) is 4.63. The van der Waals surface area contributed by atoms with Gasteiger partial charge in [-0.1, -0.05) is 0 Å². The van der Waals surface area contributed by atoms with Crippen molar-refractivity contribution in [3.8, 4) is 0 Å². The van der Waals surface area contributed by atoms with Crippen LogP contribution in [0, 0.1) is 0 Å². The maximum absolute atomic E-state index is 10.5. The van der Waals surface area contributed by atoms with Crippen LogP contribution in [-0.4, -0.2) is 23.8 Å². The molecule has 1 amide bonds. The molecule has 1 heterocycles. The van der Waals surface area contributed by atoms with E-state index in [0.29, 0.717) is 0 Å². The molecule has 1 rings (SSSR count). The molecule has 0 atom stereocenters. The summed E-state index contributed by atoms with van der Waals surface area (Å²) in [6.45, 7) is -0.541. The predicted octanol–water partition coefficient (Wildman–Crippen LogP) is 0.190. The fraction of sp³-hybridized carbons (Fsp3) is 0.143. The number of nitrogens with zero attached hydrogens (tertiary/aromatic N) is 1. The van der Waals surface area contributed by atoms with Crippen LogP contribution in [-0.2, 0) is 4.79 Å². The first-order valence-electron chi connectivity index (χ1n) is 3.28. The smallest absolute Gasteiger partial charge is 0.265 e. The Morgan fingerprint density at radius 1 is 1.83 bits per heavy atom. The number of aliphatic hydroxyl groups is 1. The minimum absolute atomic E-state index is 0.513. The van der Waals surface area contributed by atoms with Gasteiger partial charge in [-0.2, -0.15) is 16.4 Å². The molecule has 1 aromatic rings. The van der Waals surface area contributed by atoms with Gasteiger partial charge in [-0.15, -0.1) is 0 Å². The van der Waals surface area contributed by atoms with Crippen molar-refractivity contribution in [1.29, 1.82) is 0 Å². The Hall–Kier alpha value is -1.20. The van der Waals surface area contributed by atoms with Crippen molar-refractivity contribution in [2.24, 2.45) is 5.10 Å². The molecule has 12 heavy (non-hydrogen) atoms. The van der Waals surface area contributed by atoms with Crippen LogP contribution in [0.4, 0.5) is 0 Å². The molecule has 0 aliphatic rings. The van der Waals surface area contributed by atoms with Gasteiger partial charge in [0, 0.05) is 5.56 Å². The predicted molar refractivity (Wildman–Crippen MR) is 47.1 cm³/mol. The van der Waals surface area contributed by atoms with Gasteiger partial charge in [0.05, 0.1) is 6.21 Å². The van der Waals surface area contributed by atoms with E-state index in [1.165, 1.54) is 6.21 Å². The molecular formula is C7H8N2O2S. The van der Waals surface area contributed by atoms with E-state index in [9.17, 15) is 4.79 Å². The van der Waals surface area contributed by atoms with Crippen LogP contribution in [0.25, 0.3) is 0 Å². The van der Waals surface area contributed by atoms with Crippen molar-refractivity contribution in [2.45, 2.75) is 0 Å². The number of aliphatic hydroxyl groups excluding tert-OH is 1. The van der Waals surface area contributed by atoms with Gasteiger partial charge in [-0.25, -0.2) is 5.43 Å². The van der Waals surface area contributed by atoms with Crippen LogP contribution < -0.4 is 5.43 Å². The zero-order chi connectivity index (χ0) is 8.81. The minimum atomic E-state index is -0.541. The van der Waals surface area contributed by atoms with Gasteiger partial charge in [-0.3, -0.25) is 4.79 Å². The Morgan fingerprint density at radius 2 is 2.67 bits per heavy atom. The van der Waals surface area contributed by atoms with E-state index in [1.807, 2.05) is 16.8 Å². The number of thiophene rings is 1. The number of carbonyl (C=O) groups excluding carboxylic acids is 1. The molecule has 0 aromatic carbocycles. The van der Waals surface area contributed by atoms with Crippen LogP contribution >= 0.6 is 11.3 Å². The molecule has 0 radical (unpaired) electrons. The summed E-state index contributed by atoms with van der Waals surface area (Å²) in [5, 5.41) is 15.7. The van der Waals surface area contributed by atoms with Gasteiger partial charge < -0.3 is 5.11 Å². The SMILES string of the molecule is O=C(CO)N/N=C/c1ccsc1. The summed E-state index contributed by atoms with van der Waals surface area (Å²) in [4.78, 5) is 10.5. The van der Waals surface area contributed by atoms with Crippen LogP contribution in [0.2, 0.25) is 0 Å². The van der Waals surface area contributed by atoms with Gasteiger partial charge >= 0.3 is 0 Å². The van der Waals surface area contributed by atoms with E-state index in [-0.39, 0.29) is 0 Å². The number of hydrogen-bond acceptors (Lipinski definition) is 4. The van der Waals surface area contributed by atoms with E-state index in [4.69, 9.17) is 5.11 Å². The highest BCUT2D eigenvalue weighted by Gasteiger charge is 1.92. The molecule has 0 aliphatic heterocycles. The van der Waals surface area contributed by atoms with E-state index in [1.54, 1.807) is 11.3 Å². The molecule has 0 saturated carbocycles. The van der Waals surface area contributed by atoms with Crippen LogP contribution in [0.15, 0.2) is 21.9 Å². The quantitative estimate of drug-likeness (QED) is 0.520. The number of rotatable bonds is 3. The number of hydrazone groups is 1. The summed E-state index contributed by atoms with van der Waals surface area (Å²) in [6.07, 6.45) is 1.52. The molecule has 1 aromatic heterocycles. The van der Waals surface area contributed by atoms with Crippen molar-refractivity contribution in [2.75, 3.05) is 6.61 Å². The maximum Gasteiger partial charge on any atom is 0.265 e. The third kappa shape index (κ3) is 2.81. The third-order valence-corrected chi connectivity index (χ3v) is 1.79. The van der Waals surface area contributed by atoms with E-state index in [2.05, 4.69) is 10.5 Å². The Balaban J connectivity index is 2.37. The normalized spacial score (nSPS) is 10.4. The number of nitrogens with one attached hydrogen (secondary N) is 1. The van der Waals surface area contributed by atoms with E-state index < -0.39 is 12.5 Å². The van der Waals surface area contributed by atoms with Crippen LogP contribution in [0.1, 0.15) is 5.56 Å². The van der Waals surface area contributed by atoms with Crippen LogP contribution in [0.3, 0.4) is 0 Å². The van der Waals surface area contributed by atoms with Crippen molar-refractivity contribution in [3.05, 3.63) is 22.4 Å². The third-order valence-electron chi connectivity index (χ3n) is 1.09. The first-order chi connectivity index (χ1) is 5.83. The van der Waals surface area contributed by atoms with Gasteiger partial charge in [-0.05, 0) is 16.8 Å². The average molecular weight is 184 g/mol. The summed E-state index contributed by atoms with van der Waals surface area (Å²) in [7, 11) is 0. The summed E-state index contributed by atoms with van der Waals surface area (Å²) >= 11 is 1.55. The van der Waals surface area contributed by atoms with Gasteiger partial charge in [0.25, 0.3) is 5.91 Å². The maximum atomic E-state index is 10.5. The van der Waals surface area contributed by atoms with Crippen molar-refractivity contribution in [1.82, 2.24) is 5.43 Å². The molecule has 0 fully saturated rings. The summed E-state index contributed by atoms with van der Waals surface area (Å²) in [5.74, 6) is -0.513. The zero-order valence-corrected chi connectivity index (χ0v) is 7.04. The molecule has 0 aliphatic carbocycles. The fourth-order valence-corrected chi connectivity index (χ4v) is 1.17. The van der Waals surface area contributed by atoms with Gasteiger partial charge in [0.15, 0.2) is 0 Å². The Morgan fingerprint density at radius 3 is 3.25 bits per heavy atom. The fourth-order valence-electron chi connectivity index (χ4n) is 0.563. The van der Waals surface area contributed by atoms with Gasteiger partial charge in [0.2, 0.25) is 0 Å². The van der Waals surface area contributed by atoms with Crippen LogP contribution in [0.5, 0.6) is 0 Å². The van der Waals surface area contributed by atoms with Crippen molar-refractivity contribution < 1.29 is 9.90 Å². The molecule has 5 heteroatoms. The first-order valence-corrected chi connectivity index (χ1v) is 4.22. The molecule has 0 unspecified atom stereocenters. The lowest BCUT2D eigenvalue weighted by atomic mass is 10.4. The topological polar surface area (TPSA) is 61.7 Å². The molecular weight excluding hydrogens is 176 g/mol. The van der Waals surface area contributed by atoms with Gasteiger partial charge in [0.1, 0.15) is 6.61 Å². The highest BCUT2D eigenvalue weighted by atomic mass is 32.1. The monoisotopic (exact) mass is 184 g/mol. The summed E-state index contributed by atoms with van der Waals surface area (Å²) in [5.41, 5.74) is 3.08. The molecule has 0 saturated heterocycles. The number of hydrogen-bond donors (Lipinski definition) is 2. The standard InChI is InChI=1S/C7H8N2O2S/c10-4-7(11)9-8-3-6-1-2-12-5-6/h1-3,5,10H,4H2,(H,9,11)/b8-3+. The lowest BCUT2D eigenvalue weighted by Crippen LogP contribution is -2.20. The molecule has 4 nitrogen and oxygen atoms in total. The zero-order valence-electron chi connectivity index (χ0n) is 6.23. The molecule has 0 bridgehead atoms.